The molecule has 3 aromatic rings. The van der Waals surface area contributed by atoms with Crippen LogP contribution in [0.25, 0.3) is 0 Å². The second-order valence-corrected chi connectivity index (χ2v) is 8.87. The van der Waals surface area contributed by atoms with Crippen LogP contribution in [0.4, 0.5) is 14.5 Å². The lowest BCUT2D eigenvalue weighted by Crippen LogP contribution is -2.26. The van der Waals surface area contributed by atoms with Crippen molar-refractivity contribution in [1.29, 1.82) is 0 Å². The van der Waals surface area contributed by atoms with Gasteiger partial charge in [0, 0.05) is 30.4 Å². The maximum atomic E-state index is 12.7. The molecule has 0 unspecified atom stereocenters. The van der Waals surface area contributed by atoms with Gasteiger partial charge in [0.25, 0.3) is 15.9 Å². The Bertz CT molecular complexity index is 1310. The summed E-state index contributed by atoms with van der Waals surface area (Å²) in [5.74, 6) is 0.0368. The molecule has 1 heterocycles. The molecule has 0 bridgehead atoms. The molecule has 0 atom stereocenters. The van der Waals surface area contributed by atoms with E-state index in [1.807, 2.05) is 0 Å². The molecule has 4 rings (SSSR count). The van der Waals surface area contributed by atoms with Crippen molar-refractivity contribution in [2.45, 2.75) is 18.1 Å². The van der Waals surface area contributed by atoms with Crippen molar-refractivity contribution in [3.05, 3.63) is 89.5 Å². The summed E-state index contributed by atoms with van der Waals surface area (Å²) in [5.41, 5.74) is 2.25. The third-order valence-electron chi connectivity index (χ3n) is 4.94. The average molecular weight is 471 g/mol. The number of carbonyl (C=O) groups is 1. The van der Waals surface area contributed by atoms with Crippen molar-refractivity contribution < 1.29 is 26.7 Å². The number of sulfonamides is 1. The molecular formula is C23H19F2N3O4S. The number of carbonyl (C=O) groups excluding carboxylic acids is 1. The second kappa shape index (κ2) is 8.99. The molecule has 0 saturated heterocycles. The Morgan fingerprint density at radius 3 is 2.36 bits per heavy atom. The Kier molecular flexibility index (Phi) is 6.10. The van der Waals surface area contributed by atoms with Gasteiger partial charge in [-0.15, -0.1) is 4.40 Å². The van der Waals surface area contributed by atoms with E-state index < -0.39 is 16.6 Å². The van der Waals surface area contributed by atoms with Crippen LogP contribution in [-0.2, 0) is 16.6 Å². The van der Waals surface area contributed by atoms with Crippen LogP contribution in [0, 0.1) is 0 Å². The van der Waals surface area contributed by atoms with Crippen LogP contribution in [0.15, 0.2) is 82.1 Å². The van der Waals surface area contributed by atoms with Crippen LogP contribution < -0.4 is 10.1 Å². The van der Waals surface area contributed by atoms with Gasteiger partial charge < -0.3 is 15.0 Å². The minimum absolute atomic E-state index is 0.0492. The summed E-state index contributed by atoms with van der Waals surface area (Å²) in [6.07, 6.45) is 0. The first kappa shape index (κ1) is 22.4. The number of amidine groups is 1. The summed E-state index contributed by atoms with van der Waals surface area (Å²) >= 11 is 0. The number of nitrogens with zero attached hydrogens (tertiary/aromatic N) is 2. The predicted octanol–water partition coefficient (Wildman–Crippen LogP) is 4.12. The highest BCUT2D eigenvalue weighted by molar-refractivity contribution is 7.90. The third-order valence-corrected chi connectivity index (χ3v) is 6.28. The number of hydrogen-bond donors (Lipinski definition) is 1. The highest BCUT2D eigenvalue weighted by atomic mass is 32.2. The summed E-state index contributed by atoms with van der Waals surface area (Å²) < 4.78 is 57.0. The van der Waals surface area contributed by atoms with Crippen LogP contribution >= 0.6 is 0 Å². The minimum Gasteiger partial charge on any atom is -0.435 e. The monoisotopic (exact) mass is 471 g/mol. The molecule has 0 spiro atoms. The Morgan fingerprint density at radius 2 is 1.70 bits per heavy atom. The molecule has 33 heavy (non-hydrogen) atoms. The Morgan fingerprint density at radius 1 is 1.03 bits per heavy atom. The van der Waals surface area contributed by atoms with E-state index >= 15 is 0 Å². The van der Waals surface area contributed by atoms with Gasteiger partial charge in [-0.05, 0) is 54.1 Å². The number of amides is 1. The van der Waals surface area contributed by atoms with Gasteiger partial charge in [-0.2, -0.15) is 17.2 Å². The molecule has 1 amide bonds. The fourth-order valence-corrected chi connectivity index (χ4v) is 4.55. The van der Waals surface area contributed by atoms with E-state index in [0.29, 0.717) is 16.8 Å². The fourth-order valence-electron chi connectivity index (χ4n) is 3.37. The lowest BCUT2D eigenvalue weighted by molar-refractivity contribution is -0.0498. The van der Waals surface area contributed by atoms with Crippen LogP contribution in [0.3, 0.4) is 0 Å². The zero-order valence-corrected chi connectivity index (χ0v) is 18.2. The first-order valence-electron chi connectivity index (χ1n) is 9.83. The number of hydrogen-bond acceptors (Lipinski definition) is 5. The van der Waals surface area contributed by atoms with Gasteiger partial charge in [0.1, 0.15) is 10.6 Å². The summed E-state index contributed by atoms with van der Waals surface area (Å²) in [5, 5.41) is 2.99. The molecule has 10 heteroatoms. The van der Waals surface area contributed by atoms with Crippen molar-refractivity contribution in [1.82, 2.24) is 4.90 Å². The predicted molar refractivity (Wildman–Crippen MR) is 119 cm³/mol. The van der Waals surface area contributed by atoms with E-state index in [-0.39, 0.29) is 28.9 Å². The molecule has 1 aliphatic rings. The van der Waals surface area contributed by atoms with E-state index in [1.54, 1.807) is 61.6 Å². The number of anilines is 1. The molecule has 170 valence electrons. The first-order chi connectivity index (χ1) is 15.7. The van der Waals surface area contributed by atoms with Crippen LogP contribution in [0.5, 0.6) is 5.75 Å². The van der Waals surface area contributed by atoms with Crippen molar-refractivity contribution in [2.24, 2.45) is 4.40 Å². The quantitative estimate of drug-likeness (QED) is 0.584. The van der Waals surface area contributed by atoms with E-state index in [1.165, 1.54) is 23.1 Å². The van der Waals surface area contributed by atoms with Crippen molar-refractivity contribution >= 4 is 27.5 Å². The average Bonchev–Trinajstić information content (AvgIpc) is 3.05. The standard InChI is InChI=1S/C23H19F2N3O4S/c1-28(14-15-6-12-18(13-7-15)32-23(24)25)22(29)16-8-10-17(11-9-16)26-21-19-4-2-3-5-20(19)33(30,31)27-21/h2-13,23H,14H2,1H3,(H,26,27). The molecule has 1 N–H and O–H groups in total. The molecule has 3 aromatic carbocycles. The molecule has 0 saturated carbocycles. The zero-order valence-electron chi connectivity index (χ0n) is 17.4. The summed E-state index contributed by atoms with van der Waals surface area (Å²) in [7, 11) is -2.09. The number of ether oxygens (including phenoxy) is 1. The largest absolute Gasteiger partial charge is 0.435 e. The van der Waals surface area contributed by atoms with Crippen LogP contribution in [0.1, 0.15) is 21.5 Å². The molecule has 7 nitrogen and oxygen atoms in total. The number of fused-ring (bicyclic) bond motifs is 1. The van der Waals surface area contributed by atoms with Gasteiger partial charge in [-0.3, -0.25) is 4.79 Å². The summed E-state index contributed by atoms with van der Waals surface area (Å²) in [4.78, 5) is 14.4. The van der Waals surface area contributed by atoms with Gasteiger partial charge in [0.2, 0.25) is 0 Å². The van der Waals surface area contributed by atoms with Gasteiger partial charge in [0.05, 0.1) is 0 Å². The third kappa shape index (κ3) is 5.01. The highest BCUT2D eigenvalue weighted by Gasteiger charge is 2.28. The number of nitrogens with one attached hydrogen (secondary N) is 1. The van der Waals surface area contributed by atoms with E-state index in [9.17, 15) is 22.0 Å². The summed E-state index contributed by atoms with van der Waals surface area (Å²) in [6.45, 7) is -2.61. The second-order valence-electron chi connectivity index (χ2n) is 7.30. The van der Waals surface area contributed by atoms with Crippen molar-refractivity contribution in [3.63, 3.8) is 0 Å². The smallest absolute Gasteiger partial charge is 0.387 e. The van der Waals surface area contributed by atoms with Crippen molar-refractivity contribution in [3.8, 4) is 5.75 Å². The number of halogens is 2. The van der Waals surface area contributed by atoms with E-state index in [0.717, 1.165) is 5.56 Å². The first-order valence-corrected chi connectivity index (χ1v) is 11.3. The molecule has 1 aliphatic heterocycles. The number of alkyl halides is 2. The molecule has 0 aliphatic carbocycles. The maximum absolute atomic E-state index is 12.7. The lowest BCUT2D eigenvalue weighted by atomic mass is 10.1. The maximum Gasteiger partial charge on any atom is 0.387 e. The van der Waals surface area contributed by atoms with Gasteiger partial charge in [0.15, 0.2) is 5.84 Å². The summed E-state index contributed by atoms with van der Waals surface area (Å²) in [6, 6.07) is 19.2. The highest BCUT2D eigenvalue weighted by Crippen LogP contribution is 2.27. The zero-order chi connectivity index (χ0) is 23.6. The normalized spacial score (nSPS) is 13.9. The molecule has 0 aromatic heterocycles. The van der Waals surface area contributed by atoms with Crippen LogP contribution in [-0.4, -0.2) is 38.7 Å². The lowest BCUT2D eigenvalue weighted by Gasteiger charge is -2.18. The SMILES string of the molecule is CN(Cc1ccc(OC(F)F)cc1)C(=O)c1ccc(NC2=NS(=O)(=O)c3ccccc32)cc1. The number of rotatable bonds is 6. The van der Waals surface area contributed by atoms with Crippen molar-refractivity contribution in [2.75, 3.05) is 12.4 Å². The molecule has 0 radical (unpaired) electrons. The van der Waals surface area contributed by atoms with E-state index in [2.05, 4.69) is 14.5 Å². The fraction of sp³-hybridized carbons (Fsp3) is 0.130. The molecule has 0 fully saturated rings. The van der Waals surface area contributed by atoms with E-state index in [4.69, 9.17) is 0 Å². The topological polar surface area (TPSA) is 88.1 Å². The Balaban J connectivity index is 1.41. The minimum atomic E-state index is -3.73. The molecular weight excluding hydrogens is 452 g/mol. The Labute approximate surface area is 189 Å². The van der Waals surface area contributed by atoms with Gasteiger partial charge in [-0.1, -0.05) is 24.3 Å². The van der Waals surface area contributed by atoms with Gasteiger partial charge >= 0.3 is 6.61 Å². The van der Waals surface area contributed by atoms with Gasteiger partial charge in [-0.25, -0.2) is 0 Å². The Hall–Kier alpha value is -3.79. The number of benzene rings is 3. The van der Waals surface area contributed by atoms with Crippen LogP contribution in [0.2, 0.25) is 0 Å².